The number of aliphatic carboxylic acids is 2. The van der Waals surface area contributed by atoms with Gasteiger partial charge in [-0.1, -0.05) is 0 Å². The summed E-state index contributed by atoms with van der Waals surface area (Å²) in [5, 5.41) is 15.5. The quantitative estimate of drug-likeness (QED) is 0.514. The normalized spacial score (nSPS) is 5.85. The number of carboxylic acid groups (broad SMARTS) is 2. The Kier molecular flexibility index (Phi) is 58.0. The van der Waals surface area contributed by atoms with Crippen molar-refractivity contribution in [2.75, 3.05) is 0 Å². The van der Waals surface area contributed by atoms with Crippen LogP contribution in [0.4, 0.5) is 0 Å². The predicted molar refractivity (Wildman–Crippen MR) is 57.8 cm³/mol. The van der Waals surface area contributed by atoms with Gasteiger partial charge < -0.3 is 0 Å². The Morgan fingerprint density at radius 1 is 0.846 bits per heavy atom. The second-order valence-electron chi connectivity index (χ2n) is 1.49. The maximum absolute atomic E-state index is 9.40. The first-order valence-corrected chi connectivity index (χ1v) is 5.81. The van der Waals surface area contributed by atoms with Gasteiger partial charge in [-0.3, -0.25) is 0 Å². The second-order valence-corrected chi connectivity index (χ2v) is 2.91. The summed E-state index contributed by atoms with van der Waals surface area (Å²) < 4.78 is 0.722. The number of carbonyl (C=O) groups is 2. The first kappa shape index (κ1) is 30.2. The molecule has 0 aliphatic carbocycles. The molecule has 0 heterocycles. The zero-order valence-corrected chi connectivity index (χ0v) is 10.1. The van der Waals surface area contributed by atoms with E-state index in [1.54, 1.807) is 0 Å². The van der Waals surface area contributed by atoms with Gasteiger partial charge in [-0.25, -0.2) is 0 Å². The van der Waals surface area contributed by atoms with Crippen LogP contribution >= 0.6 is 0 Å². The molecule has 0 rings (SSSR count). The fourth-order valence-corrected chi connectivity index (χ4v) is 0. The van der Waals surface area contributed by atoms with Crippen LogP contribution in [0.15, 0.2) is 0 Å². The van der Waals surface area contributed by atoms with Gasteiger partial charge in [0.05, 0.1) is 0 Å². The molecule has 0 unspecified atom stereocenters. The van der Waals surface area contributed by atoms with E-state index >= 15 is 0 Å². The first-order chi connectivity index (χ1) is 4.54. The van der Waals surface area contributed by atoms with Crippen molar-refractivity contribution in [3.63, 3.8) is 0 Å². The van der Waals surface area contributed by atoms with E-state index in [1.807, 2.05) is 0 Å². The van der Waals surface area contributed by atoms with Gasteiger partial charge in [-0.05, 0) is 0 Å². The van der Waals surface area contributed by atoms with Crippen molar-refractivity contribution >= 4 is 156 Å². The summed E-state index contributed by atoms with van der Waals surface area (Å²) in [7, 11) is 0. The van der Waals surface area contributed by atoms with E-state index < -0.39 is 11.9 Å². The van der Waals surface area contributed by atoms with E-state index in [4.69, 9.17) is 10.2 Å². The molecular formula is C4H9Na5O4. The van der Waals surface area contributed by atoms with Crippen molar-refractivity contribution in [1.29, 1.82) is 0 Å². The minimum absolute atomic E-state index is 0. The summed E-state index contributed by atoms with van der Waals surface area (Å²) in [5.41, 5.74) is 0. The van der Waals surface area contributed by atoms with Gasteiger partial charge in [0, 0.05) is 0 Å². The van der Waals surface area contributed by atoms with Crippen LogP contribution in [-0.2, 0) is 9.59 Å². The van der Waals surface area contributed by atoms with Crippen LogP contribution in [0.25, 0.3) is 0 Å². The van der Waals surface area contributed by atoms with Crippen molar-refractivity contribution in [2.45, 2.75) is 7.34 Å². The molecule has 0 saturated heterocycles. The molecule has 0 fully saturated rings. The van der Waals surface area contributed by atoms with Crippen LogP contribution in [0.3, 0.4) is 0 Å². The molecule has 0 bridgehead atoms. The Morgan fingerprint density at radius 3 is 0.923 bits per heavy atom. The summed E-state index contributed by atoms with van der Waals surface area (Å²) in [6.45, 7) is 0. The Morgan fingerprint density at radius 2 is 0.923 bits per heavy atom. The molecule has 0 aliphatic rings. The Balaban J connectivity index is -0.0000000267. The van der Waals surface area contributed by atoms with Gasteiger partial charge in [-0.15, -0.1) is 0 Å². The van der Waals surface area contributed by atoms with Crippen LogP contribution < -0.4 is 0 Å². The molecule has 0 atom stereocenters. The minimum atomic E-state index is -0.684. The average molecular weight is 236 g/mol. The monoisotopic (exact) mass is 236 g/mol. The third-order valence-electron chi connectivity index (χ3n) is 0.605. The maximum atomic E-state index is 9.40. The summed E-state index contributed by atoms with van der Waals surface area (Å²) in [5.74, 6) is -1.37. The van der Waals surface area contributed by atoms with Gasteiger partial charge in [0.25, 0.3) is 0 Å². The molecule has 2 N–H and O–H groups in total. The number of rotatable bonds is 2. The molecule has 0 saturated carbocycles. The van der Waals surface area contributed by atoms with Gasteiger partial charge in [0.1, 0.15) is 0 Å². The molecule has 9 heteroatoms. The van der Waals surface area contributed by atoms with Crippen LogP contribution in [0.5, 0.6) is 0 Å². The van der Waals surface area contributed by atoms with Crippen LogP contribution in [-0.4, -0.2) is 167 Å². The molecule has 54 valence electrons. The average Bonchev–Trinajstić information content (AvgIpc) is 1.89. The predicted octanol–water partition coefficient (Wildman–Crippen LogP) is -2.63. The Bertz CT molecular complexity index is 105. The second kappa shape index (κ2) is 25.0. The number of hydrogen-bond donors (Lipinski definition) is 2. The van der Waals surface area contributed by atoms with E-state index in [1.165, 1.54) is 0 Å². The topological polar surface area (TPSA) is 74.6 Å². The number of carboxylic acids is 2. The zero-order valence-electron chi connectivity index (χ0n) is 6.13. The van der Waals surface area contributed by atoms with Gasteiger partial charge in [0.2, 0.25) is 0 Å². The Hall–Kier alpha value is 3.94. The summed E-state index contributed by atoms with van der Waals surface area (Å²) >= 11 is 1.55. The van der Waals surface area contributed by atoms with Crippen LogP contribution in [0, 0.1) is 0 Å². The van der Waals surface area contributed by atoms with Gasteiger partial charge in [-0.2, -0.15) is 0 Å². The molecular weight excluding hydrogens is 227 g/mol. The van der Waals surface area contributed by atoms with Gasteiger partial charge in [0.15, 0.2) is 0 Å². The van der Waals surface area contributed by atoms with Crippen LogP contribution in [0.1, 0.15) is 0 Å². The van der Waals surface area contributed by atoms with Crippen molar-refractivity contribution in [2.24, 2.45) is 0 Å². The molecule has 13 heavy (non-hydrogen) atoms. The van der Waals surface area contributed by atoms with Crippen molar-refractivity contribution in [1.82, 2.24) is 0 Å². The summed E-state index contributed by atoms with van der Waals surface area (Å²) in [6, 6.07) is 0. The van der Waals surface area contributed by atoms with E-state index in [-0.39, 0.29) is 88.7 Å². The van der Waals surface area contributed by atoms with E-state index in [0.717, 1.165) is 55.9 Å². The molecule has 0 aromatic heterocycles. The van der Waals surface area contributed by atoms with Crippen molar-refractivity contribution in [3.8, 4) is 0 Å². The van der Waals surface area contributed by atoms with Gasteiger partial charge >= 0.3 is 184 Å². The molecule has 0 aliphatic heterocycles. The molecule has 4 nitrogen and oxygen atoms in total. The van der Waals surface area contributed by atoms with E-state index in [2.05, 4.69) is 0 Å². The third kappa shape index (κ3) is 49.1. The molecule has 0 spiro atoms. The first-order valence-electron chi connectivity index (χ1n) is 2.98. The summed E-state index contributed by atoms with van der Waals surface area (Å²) in [4.78, 5) is 18.8. The molecule has 0 aromatic carbocycles. The molecule has 0 aromatic rings. The molecule has 0 amide bonds. The third-order valence-corrected chi connectivity index (χ3v) is 1.81. The van der Waals surface area contributed by atoms with Crippen molar-refractivity contribution in [3.05, 3.63) is 0 Å². The van der Waals surface area contributed by atoms with Crippen molar-refractivity contribution < 1.29 is 19.8 Å². The van der Waals surface area contributed by atoms with E-state index in [0.29, 0.717) is 7.34 Å². The number of hydrogen-bond acceptors (Lipinski definition) is 2. The zero-order chi connectivity index (χ0) is 8.57. The summed E-state index contributed by atoms with van der Waals surface area (Å²) in [6.07, 6.45) is 0. The Labute approximate surface area is 179 Å². The fraction of sp³-hybridized carbons (Fsp3) is 0.500. The standard InChI is InChI=1S/2C2H3O2.5Na.3H/c2*1-2(3)4;;;;;;;;/h2*1H2,(H,3,4);;;;;;;;. The molecule has 0 radical (unpaired) electrons. The van der Waals surface area contributed by atoms with E-state index in [9.17, 15) is 9.59 Å². The van der Waals surface area contributed by atoms with Crippen LogP contribution in [0.2, 0.25) is 7.34 Å². The SMILES string of the molecule is O=C(O)[CH2][Na].O=C(O)[CH2][Na].[NaH].[NaH].[NaH]. The fourth-order valence-electron chi connectivity index (χ4n) is 0.